The van der Waals surface area contributed by atoms with Crippen LogP contribution in [0.3, 0.4) is 0 Å². The van der Waals surface area contributed by atoms with Crippen molar-refractivity contribution in [3.8, 4) is 5.75 Å². The lowest BCUT2D eigenvalue weighted by Gasteiger charge is -2.29. The Morgan fingerprint density at radius 3 is 2.40 bits per heavy atom. The topological polar surface area (TPSA) is 176 Å². The van der Waals surface area contributed by atoms with E-state index in [4.69, 9.17) is 5.73 Å². The molecule has 0 saturated carbocycles. The number of sulfonamides is 1. The Labute approximate surface area is 204 Å². The summed E-state index contributed by atoms with van der Waals surface area (Å²) in [6.45, 7) is 2.95. The van der Waals surface area contributed by atoms with Gasteiger partial charge in [-0.3, -0.25) is 9.59 Å². The number of nitrogens with two attached hydrogens (primary N) is 1. The van der Waals surface area contributed by atoms with Crippen LogP contribution >= 0.6 is 0 Å². The maximum Gasteiger partial charge on any atom is 0.326 e. The molecule has 1 aliphatic heterocycles. The summed E-state index contributed by atoms with van der Waals surface area (Å²) in [4.78, 5) is 23.4. The summed E-state index contributed by atoms with van der Waals surface area (Å²) < 4.78 is 55.7. The van der Waals surface area contributed by atoms with Gasteiger partial charge >= 0.3 is 10.2 Å². The summed E-state index contributed by atoms with van der Waals surface area (Å²) >= 11 is 0. The number of phenols is 1. The van der Waals surface area contributed by atoms with Gasteiger partial charge in [0.05, 0.1) is 10.6 Å². The van der Waals surface area contributed by atoms with Crippen LogP contribution in [0.1, 0.15) is 38.2 Å². The van der Waals surface area contributed by atoms with Gasteiger partial charge in [-0.1, -0.05) is 38.1 Å². The summed E-state index contributed by atoms with van der Waals surface area (Å²) in [7, 11) is -8.06. The number of hydrogen-bond donors (Lipinski definition) is 4. The minimum absolute atomic E-state index is 0.0567. The van der Waals surface area contributed by atoms with Crippen molar-refractivity contribution in [2.45, 2.75) is 43.5 Å². The Bertz CT molecular complexity index is 1310. The van der Waals surface area contributed by atoms with E-state index >= 15 is 0 Å². The first kappa shape index (κ1) is 26.4. The molecule has 0 aliphatic carbocycles. The van der Waals surface area contributed by atoms with E-state index in [1.54, 1.807) is 31.2 Å². The molecule has 190 valence electrons. The summed E-state index contributed by atoms with van der Waals surface area (Å²) in [5, 5.41) is 10.6. The average molecular weight is 525 g/mol. The largest absolute Gasteiger partial charge is 0.506 e. The molecular weight excluding hydrogens is 496 g/mol. The van der Waals surface area contributed by atoms with Crippen molar-refractivity contribution < 1.29 is 31.5 Å². The van der Waals surface area contributed by atoms with Crippen LogP contribution < -0.4 is 19.5 Å². The van der Waals surface area contributed by atoms with Crippen molar-refractivity contribution in [3.63, 3.8) is 0 Å². The second-order valence-electron chi connectivity index (χ2n) is 8.38. The van der Waals surface area contributed by atoms with Crippen LogP contribution in [0.4, 0.5) is 5.69 Å². The van der Waals surface area contributed by atoms with Crippen molar-refractivity contribution in [1.29, 1.82) is 0 Å². The lowest BCUT2D eigenvalue weighted by atomic mass is 9.84. The number of phenolic OH excluding ortho intramolecular Hbond substituents is 1. The first-order chi connectivity index (χ1) is 16.4. The second-order valence-corrected chi connectivity index (χ2v) is 11.7. The molecule has 5 N–H and O–H groups in total. The fourth-order valence-corrected chi connectivity index (χ4v) is 6.53. The van der Waals surface area contributed by atoms with Gasteiger partial charge in [0.15, 0.2) is 0 Å². The van der Waals surface area contributed by atoms with Crippen LogP contribution in [0.2, 0.25) is 0 Å². The number of carbonyl (C=O) groups excluding carboxylic acids is 2. The highest BCUT2D eigenvalue weighted by atomic mass is 32.2. The van der Waals surface area contributed by atoms with Crippen LogP contribution in [0.5, 0.6) is 5.75 Å². The number of amides is 2. The molecule has 3 rings (SSSR count). The zero-order valence-electron chi connectivity index (χ0n) is 19.2. The molecule has 0 bridgehead atoms. The summed E-state index contributed by atoms with van der Waals surface area (Å²) in [5.41, 5.74) is 5.86. The summed E-state index contributed by atoms with van der Waals surface area (Å²) in [6, 6.07) is 11.2. The number of nitrogens with one attached hydrogen (secondary N) is 2. The van der Waals surface area contributed by atoms with Crippen molar-refractivity contribution in [3.05, 3.63) is 54.1 Å². The number of nitrogens with zero attached hydrogens (tertiary/aromatic N) is 1. The minimum Gasteiger partial charge on any atom is -0.506 e. The Morgan fingerprint density at radius 1 is 1.23 bits per heavy atom. The number of carbonyl (C=O) groups is 2. The molecule has 2 amide bonds. The van der Waals surface area contributed by atoms with E-state index < -0.39 is 62.2 Å². The van der Waals surface area contributed by atoms with Crippen molar-refractivity contribution >= 4 is 37.7 Å². The molecule has 2 aromatic carbocycles. The number of anilines is 1. The third-order valence-electron chi connectivity index (χ3n) is 5.90. The highest BCUT2D eigenvalue weighted by Gasteiger charge is 2.36. The highest BCUT2D eigenvalue weighted by Crippen LogP contribution is 2.36. The molecule has 11 nitrogen and oxygen atoms in total. The fraction of sp³-hybridized carbons (Fsp3) is 0.364. The number of primary amides is 1. The Hall–Kier alpha value is -3.16. The number of hydrogen-bond acceptors (Lipinski definition) is 7. The normalized spacial score (nSPS) is 18.0. The van der Waals surface area contributed by atoms with Gasteiger partial charge < -0.3 is 10.8 Å². The molecule has 2 aromatic rings. The van der Waals surface area contributed by atoms with E-state index in [1.807, 2.05) is 11.6 Å². The monoisotopic (exact) mass is 524 g/mol. The summed E-state index contributed by atoms with van der Waals surface area (Å²) in [5.74, 6) is -2.85. The van der Waals surface area contributed by atoms with E-state index in [0.717, 1.165) is 4.31 Å². The van der Waals surface area contributed by atoms with E-state index in [2.05, 4.69) is 4.72 Å². The van der Waals surface area contributed by atoms with Crippen LogP contribution in [-0.4, -0.2) is 46.3 Å². The van der Waals surface area contributed by atoms with Gasteiger partial charge in [-0.25, -0.2) is 22.2 Å². The van der Waals surface area contributed by atoms with Crippen molar-refractivity contribution in [1.82, 2.24) is 9.44 Å². The molecule has 1 heterocycles. The fourth-order valence-electron chi connectivity index (χ4n) is 4.05. The number of benzene rings is 2. The molecule has 0 aromatic heterocycles. The van der Waals surface area contributed by atoms with Crippen LogP contribution in [-0.2, 0) is 29.8 Å². The highest BCUT2D eigenvalue weighted by molar-refractivity contribution is 7.92. The predicted octanol–water partition coefficient (Wildman–Crippen LogP) is 0.925. The maximum absolute atomic E-state index is 13.1. The third kappa shape index (κ3) is 5.92. The van der Waals surface area contributed by atoms with E-state index in [0.29, 0.717) is 12.0 Å². The molecule has 1 saturated heterocycles. The van der Waals surface area contributed by atoms with Gasteiger partial charge in [0.2, 0.25) is 15.9 Å². The minimum atomic E-state index is -4.12. The standard InChI is InChI=1S/C22H28N4O7S2/c1-3-17(15-9-10-19(20(27)12-15)26-13-21(28)25-35(26,32)33)18(11-14(2)22(23)29)24-34(30,31)16-7-5-4-6-8-16/h4-10,12,14,17-18,24,27H,3,11,13H2,1-2H3,(H2,23,29)(H,25,28)/t14-,17?,18?/m0/s1. The average Bonchev–Trinajstić information content (AvgIpc) is 3.06. The van der Waals surface area contributed by atoms with Crippen LogP contribution in [0, 0.1) is 5.92 Å². The van der Waals surface area contributed by atoms with Gasteiger partial charge in [0, 0.05) is 17.9 Å². The third-order valence-corrected chi connectivity index (χ3v) is 8.79. The zero-order valence-corrected chi connectivity index (χ0v) is 20.8. The molecule has 3 atom stereocenters. The van der Waals surface area contributed by atoms with Gasteiger partial charge in [0.25, 0.3) is 5.91 Å². The van der Waals surface area contributed by atoms with Gasteiger partial charge in [0.1, 0.15) is 12.3 Å². The molecule has 35 heavy (non-hydrogen) atoms. The predicted molar refractivity (Wildman–Crippen MR) is 129 cm³/mol. The maximum atomic E-state index is 13.1. The zero-order chi connectivity index (χ0) is 26.0. The molecule has 2 unspecified atom stereocenters. The van der Waals surface area contributed by atoms with E-state index in [-0.39, 0.29) is 17.0 Å². The Kier molecular flexibility index (Phi) is 7.72. The lowest BCUT2D eigenvalue weighted by Crippen LogP contribution is -2.41. The number of rotatable bonds is 10. The first-order valence-electron chi connectivity index (χ1n) is 10.9. The van der Waals surface area contributed by atoms with Gasteiger partial charge in [-0.2, -0.15) is 8.42 Å². The molecule has 13 heteroatoms. The van der Waals surface area contributed by atoms with Gasteiger partial charge in [-0.05, 0) is 42.7 Å². The molecule has 0 radical (unpaired) electrons. The number of aromatic hydroxyl groups is 1. The molecule has 0 spiro atoms. The first-order valence-corrected chi connectivity index (χ1v) is 13.8. The van der Waals surface area contributed by atoms with E-state index in [9.17, 15) is 31.5 Å². The van der Waals surface area contributed by atoms with Crippen LogP contribution in [0.15, 0.2) is 53.4 Å². The molecular formula is C22H28N4O7S2. The van der Waals surface area contributed by atoms with E-state index in [1.165, 1.54) is 24.3 Å². The molecule has 1 aliphatic rings. The smallest absolute Gasteiger partial charge is 0.326 e. The Morgan fingerprint density at radius 2 is 1.89 bits per heavy atom. The second kappa shape index (κ2) is 10.2. The van der Waals surface area contributed by atoms with Crippen molar-refractivity contribution in [2.24, 2.45) is 11.7 Å². The van der Waals surface area contributed by atoms with Crippen LogP contribution in [0.25, 0.3) is 0 Å². The Balaban J connectivity index is 1.98. The molecule has 1 fully saturated rings. The summed E-state index contributed by atoms with van der Waals surface area (Å²) in [6.07, 6.45) is 0.523. The van der Waals surface area contributed by atoms with Crippen molar-refractivity contribution in [2.75, 3.05) is 10.8 Å². The quantitative estimate of drug-likeness (QED) is 0.357. The SMILES string of the molecule is CCC(c1ccc(N2CC(=O)NS2(=O)=O)c(O)c1)C(C[C@H](C)C(N)=O)NS(=O)(=O)c1ccccc1. The van der Waals surface area contributed by atoms with Gasteiger partial charge in [-0.15, -0.1) is 0 Å². The lowest BCUT2D eigenvalue weighted by molar-refractivity contribution is -0.121.